The fourth-order valence-corrected chi connectivity index (χ4v) is 5.05. The smallest absolute Gasteiger partial charge is 0.255 e. The Balaban J connectivity index is 1.38. The Morgan fingerprint density at radius 1 is 1.13 bits per heavy atom. The summed E-state index contributed by atoms with van der Waals surface area (Å²) in [7, 11) is 0. The average Bonchev–Trinajstić information content (AvgIpc) is 3.04. The second-order valence-corrected chi connectivity index (χ2v) is 10.1. The van der Waals surface area contributed by atoms with Crippen LogP contribution in [0.2, 0.25) is 0 Å². The molecule has 2 fully saturated rings. The number of imide groups is 1. The fourth-order valence-electron chi connectivity index (χ4n) is 5.05. The third-order valence-electron chi connectivity index (χ3n) is 6.98. The molecular formula is C24H34N4O3. The van der Waals surface area contributed by atoms with Gasteiger partial charge in [-0.05, 0) is 82.2 Å². The van der Waals surface area contributed by atoms with Crippen molar-refractivity contribution >= 4 is 17.7 Å². The first-order valence-corrected chi connectivity index (χ1v) is 11.5. The molecule has 1 aromatic rings. The van der Waals surface area contributed by atoms with Crippen LogP contribution < -0.4 is 11.1 Å². The van der Waals surface area contributed by atoms with Crippen LogP contribution in [0.4, 0.5) is 0 Å². The Kier molecular flexibility index (Phi) is 6.17. The molecule has 1 atom stereocenters. The van der Waals surface area contributed by atoms with Crippen molar-refractivity contribution in [3.8, 4) is 0 Å². The highest BCUT2D eigenvalue weighted by atomic mass is 16.2. The van der Waals surface area contributed by atoms with Crippen molar-refractivity contribution in [2.75, 3.05) is 13.1 Å². The SMILES string of the molecule is CC(C)(N)CCC1CCN(Cc2cccc3c2CN(C2CCC(=O)NC2=O)C3=O)CC1. The quantitative estimate of drug-likeness (QED) is 0.680. The average molecular weight is 427 g/mol. The Morgan fingerprint density at radius 3 is 2.55 bits per heavy atom. The Bertz CT molecular complexity index is 868. The maximum Gasteiger partial charge on any atom is 0.255 e. The van der Waals surface area contributed by atoms with Crippen LogP contribution in [0.25, 0.3) is 0 Å². The molecule has 0 aliphatic carbocycles. The number of fused-ring (bicyclic) bond motifs is 1. The van der Waals surface area contributed by atoms with Gasteiger partial charge in [0.1, 0.15) is 6.04 Å². The van der Waals surface area contributed by atoms with E-state index >= 15 is 0 Å². The molecular weight excluding hydrogens is 392 g/mol. The van der Waals surface area contributed by atoms with Crippen molar-refractivity contribution in [3.63, 3.8) is 0 Å². The predicted octanol–water partition coefficient (Wildman–Crippen LogP) is 2.18. The van der Waals surface area contributed by atoms with Gasteiger partial charge in [0, 0.05) is 30.6 Å². The van der Waals surface area contributed by atoms with Crippen molar-refractivity contribution in [3.05, 3.63) is 34.9 Å². The van der Waals surface area contributed by atoms with Crippen molar-refractivity contribution < 1.29 is 14.4 Å². The van der Waals surface area contributed by atoms with Gasteiger partial charge in [-0.1, -0.05) is 12.1 Å². The van der Waals surface area contributed by atoms with Gasteiger partial charge >= 0.3 is 0 Å². The predicted molar refractivity (Wildman–Crippen MR) is 118 cm³/mol. The van der Waals surface area contributed by atoms with Gasteiger partial charge in [0.15, 0.2) is 0 Å². The fraction of sp³-hybridized carbons (Fsp3) is 0.625. The first kappa shape index (κ1) is 22.0. The summed E-state index contributed by atoms with van der Waals surface area (Å²) in [6, 6.07) is 5.33. The first-order chi connectivity index (χ1) is 14.7. The summed E-state index contributed by atoms with van der Waals surface area (Å²) in [5.74, 6) is 0.0193. The van der Waals surface area contributed by atoms with E-state index in [4.69, 9.17) is 5.73 Å². The lowest BCUT2D eigenvalue weighted by molar-refractivity contribution is -0.136. The highest BCUT2D eigenvalue weighted by Gasteiger charge is 2.39. The van der Waals surface area contributed by atoms with Crippen LogP contribution in [-0.4, -0.2) is 52.2 Å². The van der Waals surface area contributed by atoms with Crippen molar-refractivity contribution in [2.45, 2.75) is 77.0 Å². The van der Waals surface area contributed by atoms with Crippen molar-refractivity contribution in [1.82, 2.24) is 15.1 Å². The molecule has 3 aliphatic rings. The number of nitrogens with two attached hydrogens (primary N) is 1. The molecule has 31 heavy (non-hydrogen) atoms. The lowest BCUT2D eigenvalue weighted by Crippen LogP contribution is -2.52. The molecule has 7 nitrogen and oxygen atoms in total. The maximum atomic E-state index is 13.0. The van der Waals surface area contributed by atoms with E-state index in [1.54, 1.807) is 4.90 Å². The lowest BCUT2D eigenvalue weighted by atomic mass is 9.87. The van der Waals surface area contributed by atoms with Gasteiger partial charge in [0.25, 0.3) is 5.91 Å². The topological polar surface area (TPSA) is 95.7 Å². The number of hydrogen-bond acceptors (Lipinski definition) is 5. The van der Waals surface area contributed by atoms with Gasteiger partial charge in [0.2, 0.25) is 11.8 Å². The standard InChI is InChI=1S/C24H34N4O3/c1-24(2,25)11-8-16-9-12-27(13-10-16)14-17-4-3-5-18-19(17)15-28(23(18)31)20-6-7-21(29)26-22(20)30/h3-5,16,20H,6-15,25H2,1-2H3,(H,26,29,30). The zero-order chi connectivity index (χ0) is 22.2. The van der Waals surface area contributed by atoms with Crippen LogP contribution in [0, 0.1) is 5.92 Å². The van der Waals surface area contributed by atoms with E-state index in [1.165, 1.54) is 24.8 Å². The van der Waals surface area contributed by atoms with Crippen molar-refractivity contribution in [1.29, 1.82) is 0 Å². The number of rotatable bonds is 6. The number of likely N-dealkylation sites (tertiary alicyclic amines) is 1. The molecule has 7 heteroatoms. The third-order valence-corrected chi connectivity index (χ3v) is 6.98. The Hall–Kier alpha value is -2.25. The number of nitrogens with zero attached hydrogens (tertiary/aromatic N) is 2. The summed E-state index contributed by atoms with van der Waals surface area (Å²) in [5, 5.41) is 2.37. The molecule has 3 heterocycles. The highest BCUT2D eigenvalue weighted by molar-refractivity contribution is 6.05. The molecule has 0 aromatic heterocycles. The van der Waals surface area contributed by atoms with Crippen LogP contribution in [0.1, 0.15) is 73.9 Å². The molecule has 0 radical (unpaired) electrons. The molecule has 3 amide bonds. The van der Waals surface area contributed by atoms with Crippen LogP contribution in [0.5, 0.6) is 0 Å². The molecule has 0 spiro atoms. The van der Waals surface area contributed by atoms with Crippen LogP contribution in [0.15, 0.2) is 18.2 Å². The van der Waals surface area contributed by atoms with E-state index in [0.717, 1.165) is 37.5 Å². The number of amides is 3. The number of carbonyl (C=O) groups is 3. The van der Waals surface area contributed by atoms with E-state index in [-0.39, 0.29) is 29.7 Å². The number of carbonyl (C=O) groups excluding carboxylic acids is 3. The minimum atomic E-state index is -0.562. The molecule has 2 saturated heterocycles. The second kappa shape index (κ2) is 8.71. The largest absolute Gasteiger partial charge is 0.326 e. The number of nitrogens with one attached hydrogen (secondary N) is 1. The minimum absolute atomic E-state index is 0.0946. The van der Waals surface area contributed by atoms with Crippen molar-refractivity contribution in [2.24, 2.45) is 11.7 Å². The maximum absolute atomic E-state index is 13.0. The highest BCUT2D eigenvalue weighted by Crippen LogP contribution is 2.31. The van der Waals surface area contributed by atoms with E-state index < -0.39 is 6.04 Å². The molecule has 1 aromatic carbocycles. The van der Waals surface area contributed by atoms with Crippen LogP contribution in [0.3, 0.4) is 0 Å². The monoisotopic (exact) mass is 426 g/mol. The minimum Gasteiger partial charge on any atom is -0.326 e. The van der Waals surface area contributed by atoms with E-state index in [0.29, 0.717) is 18.5 Å². The summed E-state index contributed by atoms with van der Waals surface area (Å²) in [6.45, 7) is 7.58. The molecule has 0 bridgehead atoms. The Morgan fingerprint density at radius 2 is 1.87 bits per heavy atom. The Labute approximate surface area is 184 Å². The normalized spacial score (nSPS) is 23.3. The van der Waals surface area contributed by atoms with E-state index in [2.05, 4.69) is 30.1 Å². The number of benzene rings is 1. The van der Waals surface area contributed by atoms with Gasteiger partial charge in [-0.25, -0.2) is 0 Å². The van der Waals surface area contributed by atoms with Crippen LogP contribution in [-0.2, 0) is 22.7 Å². The number of hydrogen-bond donors (Lipinski definition) is 2. The molecule has 3 aliphatic heterocycles. The summed E-state index contributed by atoms with van der Waals surface area (Å²) in [5.41, 5.74) is 8.94. The molecule has 168 valence electrons. The van der Waals surface area contributed by atoms with Gasteiger partial charge in [-0.3, -0.25) is 24.6 Å². The van der Waals surface area contributed by atoms with Gasteiger partial charge in [0.05, 0.1) is 0 Å². The summed E-state index contributed by atoms with van der Waals surface area (Å²) < 4.78 is 0. The lowest BCUT2D eigenvalue weighted by Gasteiger charge is -2.33. The van der Waals surface area contributed by atoms with Crippen LogP contribution >= 0.6 is 0 Å². The molecule has 3 N–H and O–H groups in total. The molecule has 1 unspecified atom stereocenters. The molecule has 0 saturated carbocycles. The number of piperidine rings is 2. The van der Waals surface area contributed by atoms with Gasteiger partial charge in [-0.15, -0.1) is 0 Å². The first-order valence-electron chi connectivity index (χ1n) is 11.5. The summed E-state index contributed by atoms with van der Waals surface area (Å²) in [4.78, 5) is 40.9. The zero-order valence-corrected chi connectivity index (χ0v) is 18.7. The van der Waals surface area contributed by atoms with Gasteiger partial charge in [-0.2, -0.15) is 0 Å². The van der Waals surface area contributed by atoms with E-state index in [1.807, 2.05) is 12.1 Å². The van der Waals surface area contributed by atoms with E-state index in [9.17, 15) is 14.4 Å². The third kappa shape index (κ3) is 4.99. The zero-order valence-electron chi connectivity index (χ0n) is 18.7. The van der Waals surface area contributed by atoms with Gasteiger partial charge < -0.3 is 10.6 Å². The second-order valence-electron chi connectivity index (χ2n) is 10.1. The summed E-state index contributed by atoms with van der Waals surface area (Å²) >= 11 is 0. The molecule has 4 rings (SSSR count). The summed E-state index contributed by atoms with van der Waals surface area (Å²) in [6.07, 6.45) is 5.29.